The molecule has 0 unspecified atom stereocenters. The van der Waals surface area contributed by atoms with Crippen LogP contribution in [0.25, 0.3) is 88.8 Å². The van der Waals surface area contributed by atoms with E-state index in [1.54, 1.807) is 0 Å². The first-order valence-corrected chi connectivity index (χ1v) is 22.9. The number of hydrogen-bond donors (Lipinski definition) is 0. The average Bonchev–Trinajstić information content (AvgIpc) is 3.37. The highest BCUT2D eigenvalue weighted by Gasteiger charge is 2.28. The fourth-order valence-corrected chi connectivity index (χ4v) is 9.96. The van der Waals surface area contributed by atoms with Gasteiger partial charge in [-0.15, -0.1) is 0 Å². The third kappa shape index (κ3) is 7.47. The highest BCUT2D eigenvalue weighted by Crippen LogP contribution is 2.47. The van der Waals surface area contributed by atoms with Gasteiger partial charge >= 0.3 is 0 Å². The molecule has 2 heteroatoms. The van der Waals surface area contributed by atoms with Crippen LogP contribution in [0.15, 0.2) is 231 Å². The van der Waals surface area contributed by atoms with Crippen LogP contribution in [0, 0.1) is 20.8 Å². The Balaban J connectivity index is 1.12. The molecule has 0 atom stereocenters. The van der Waals surface area contributed by atoms with Crippen LogP contribution in [0.1, 0.15) is 39.3 Å². The van der Waals surface area contributed by atoms with Crippen LogP contribution in [0.5, 0.6) is 0 Å². The molecule has 1 aromatic heterocycles. The summed E-state index contributed by atoms with van der Waals surface area (Å²) in [5, 5.41) is 3.33. The minimum atomic E-state index is -0.123. The molecule has 10 aromatic carbocycles. The molecule has 0 fully saturated rings. The Morgan fingerprint density at radius 2 is 0.773 bits per heavy atom. The van der Waals surface area contributed by atoms with Crippen LogP contribution >= 0.6 is 0 Å². The van der Waals surface area contributed by atoms with Gasteiger partial charge in [-0.05, 0) is 116 Å². The Hall–Kier alpha value is -8.20. The van der Waals surface area contributed by atoms with E-state index in [-0.39, 0.29) is 5.92 Å². The normalized spacial score (nSPS) is 11.4. The van der Waals surface area contributed by atoms with E-state index in [2.05, 4.69) is 251 Å². The van der Waals surface area contributed by atoms with Crippen molar-refractivity contribution in [3.8, 4) is 67.2 Å². The van der Waals surface area contributed by atoms with Gasteiger partial charge in [0, 0.05) is 27.8 Å². The van der Waals surface area contributed by atoms with E-state index in [1.165, 1.54) is 66.8 Å². The topological polar surface area (TPSA) is 25.8 Å². The van der Waals surface area contributed by atoms with Crippen LogP contribution in [0.4, 0.5) is 0 Å². The van der Waals surface area contributed by atoms with Gasteiger partial charge in [-0.2, -0.15) is 0 Å². The summed E-state index contributed by atoms with van der Waals surface area (Å²) in [7, 11) is 0. The summed E-state index contributed by atoms with van der Waals surface area (Å²) < 4.78 is 0. The van der Waals surface area contributed by atoms with Crippen LogP contribution in [0.3, 0.4) is 0 Å². The molecule has 0 saturated carbocycles. The van der Waals surface area contributed by atoms with Gasteiger partial charge < -0.3 is 0 Å². The molecule has 1 heterocycles. The summed E-state index contributed by atoms with van der Waals surface area (Å²) in [6.45, 7) is 6.67. The minimum Gasteiger partial charge on any atom is -0.227 e. The van der Waals surface area contributed by atoms with E-state index < -0.39 is 0 Å². The Bertz CT molecular complexity index is 3480. The molecular formula is C64H48N2. The second kappa shape index (κ2) is 17.4. The number of rotatable bonds is 9. The highest BCUT2D eigenvalue weighted by molar-refractivity contribution is 6.09. The lowest BCUT2D eigenvalue weighted by Crippen LogP contribution is -2.10. The van der Waals surface area contributed by atoms with Gasteiger partial charge in [0.25, 0.3) is 0 Å². The van der Waals surface area contributed by atoms with Crippen LogP contribution in [-0.2, 0) is 0 Å². The van der Waals surface area contributed by atoms with Crippen molar-refractivity contribution in [1.29, 1.82) is 0 Å². The summed E-state index contributed by atoms with van der Waals surface area (Å²) in [5.74, 6) is 0.586. The summed E-state index contributed by atoms with van der Waals surface area (Å²) in [6, 6.07) is 83.7. The highest BCUT2D eigenvalue weighted by atomic mass is 14.9. The summed E-state index contributed by atoms with van der Waals surface area (Å²) >= 11 is 0. The fourth-order valence-electron chi connectivity index (χ4n) is 9.96. The standard InChI is InChI=1S/C64H48N2/c1-42-19-7-11-25-50(42)54-29-15-17-31-57(54)61(58-32-18-16-30-55(58)51-26-12-8-20-43(51)2)60-41-49(38-39-56(60)52-27-13-9-21-44(52)3)45-33-35-48(36-34-45)64-65-62(47-23-5-4-6-24-47)59-40-37-46-22-10-14-28-53(46)63(59)66-64/h4-41,61H,1-3H3. The lowest BCUT2D eigenvalue weighted by molar-refractivity contribution is 0.983. The number of nitrogens with zero attached hydrogens (tertiary/aromatic N) is 2. The second-order valence-corrected chi connectivity index (χ2v) is 17.4. The second-order valence-electron chi connectivity index (χ2n) is 17.4. The van der Waals surface area contributed by atoms with Gasteiger partial charge in [0.15, 0.2) is 5.82 Å². The first-order valence-electron chi connectivity index (χ1n) is 22.9. The molecule has 0 radical (unpaired) electrons. The van der Waals surface area contributed by atoms with Crippen molar-refractivity contribution >= 4 is 21.7 Å². The maximum Gasteiger partial charge on any atom is 0.160 e. The Labute approximate surface area is 387 Å². The van der Waals surface area contributed by atoms with Crippen LogP contribution < -0.4 is 0 Å². The van der Waals surface area contributed by atoms with E-state index in [0.717, 1.165) is 49.6 Å². The smallest absolute Gasteiger partial charge is 0.160 e. The number of aromatic nitrogens is 2. The van der Waals surface area contributed by atoms with Crippen molar-refractivity contribution in [3.63, 3.8) is 0 Å². The third-order valence-electron chi connectivity index (χ3n) is 13.3. The Morgan fingerprint density at radius 1 is 0.303 bits per heavy atom. The number of aryl methyl sites for hydroxylation is 3. The zero-order chi connectivity index (χ0) is 44.6. The quantitative estimate of drug-likeness (QED) is 0.107. The van der Waals surface area contributed by atoms with E-state index in [9.17, 15) is 0 Å². The lowest BCUT2D eigenvalue weighted by atomic mass is 9.75. The summed E-state index contributed by atoms with van der Waals surface area (Å²) in [5.41, 5.74) is 21.2. The van der Waals surface area contributed by atoms with E-state index >= 15 is 0 Å². The van der Waals surface area contributed by atoms with Crippen molar-refractivity contribution in [2.75, 3.05) is 0 Å². The molecule has 0 aliphatic carbocycles. The van der Waals surface area contributed by atoms with Gasteiger partial charge in [0.05, 0.1) is 11.2 Å². The zero-order valence-electron chi connectivity index (χ0n) is 37.4. The first kappa shape index (κ1) is 40.6. The molecule has 0 saturated heterocycles. The molecule has 2 nitrogen and oxygen atoms in total. The monoisotopic (exact) mass is 844 g/mol. The molecule has 0 aliphatic heterocycles. The Kier molecular flexibility index (Phi) is 10.7. The molecule has 0 N–H and O–H groups in total. The fraction of sp³-hybridized carbons (Fsp3) is 0.0625. The summed E-state index contributed by atoms with van der Waals surface area (Å²) in [4.78, 5) is 10.6. The SMILES string of the molecule is Cc1ccccc1-c1ccccc1C(c1ccccc1-c1ccccc1C)c1cc(-c2ccc(-c3nc(-c4ccccc4)c4ccc5ccccc5c4n3)cc2)ccc1-c1ccccc1C. The predicted octanol–water partition coefficient (Wildman–Crippen LogP) is 16.9. The number of benzene rings is 10. The predicted molar refractivity (Wildman–Crippen MR) is 278 cm³/mol. The van der Waals surface area contributed by atoms with Crippen molar-refractivity contribution < 1.29 is 0 Å². The number of hydrogen-bond acceptors (Lipinski definition) is 2. The average molecular weight is 845 g/mol. The van der Waals surface area contributed by atoms with Gasteiger partial charge in [0.2, 0.25) is 0 Å². The molecule has 0 spiro atoms. The molecule has 314 valence electrons. The van der Waals surface area contributed by atoms with Gasteiger partial charge in [-0.25, -0.2) is 9.97 Å². The van der Waals surface area contributed by atoms with Gasteiger partial charge in [0.1, 0.15) is 0 Å². The van der Waals surface area contributed by atoms with E-state index in [0.29, 0.717) is 5.82 Å². The molecule has 0 bridgehead atoms. The molecule has 11 aromatic rings. The van der Waals surface area contributed by atoms with Gasteiger partial charge in [-0.1, -0.05) is 218 Å². The zero-order valence-corrected chi connectivity index (χ0v) is 37.4. The Morgan fingerprint density at radius 3 is 1.36 bits per heavy atom. The maximum atomic E-state index is 5.29. The van der Waals surface area contributed by atoms with Crippen molar-refractivity contribution in [2.24, 2.45) is 0 Å². The summed E-state index contributed by atoms with van der Waals surface area (Å²) in [6.07, 6.45) is 0. The molecule has 0 aliphatic rings. The molecule has 0 amide bonds. The first-order chi connectivity index (χ1) is 32.5. The van der Waals surface area contributed by atoms with E-state index in [1.807, 2.05) is 0 Å². The molecular weight excluding hydrogens is 797 g/mol. The van der Waals surface area contributed by atoms with Gasteiger partial charge in [-0.3, -0.25) is 0 Å². The van der Waals surface area contributed by atoms with Crippen molar-refractivity contribution in [3.05, 3.63) is 264 Å². The van der Waals surface area contributed by atoms with Crippen molar-refractivity contribution in [2.45, 2.75) is 26.7 Å². The van der Waals surface area contributed by atoms with Crippen LogP contribution in [-0.4, -0.2) is 9.97 Å². The third-order valence-corrected chi connectivity index (χ3v) is 13.3. The number of fused-ring (bicyclic) bond motifs is 3. The largest absolute Gasteiger partial charge is 0.227 e. The maximum absolute atomic E-state index is 5.29. The van der Waals surface area contributed by atoms with E-state index in [4.69, 9.17) is 9.97 Å². The van der Waals surface area contributed by atoms with Crippen molar-refractivity contribution in [1.82, 2.24) is 9.97 Å². The minimum absolute atomic E-state index is 0.123. The molecule has 11 rings (SSSR count). The lowest BCUT2D eigenvalue weighted by Gasteiger charge is -2.28. The molecule has 66 heavy (non-hydrogen) atoms. The van der Waals surface area contributed by atoms with Crippen LogP contribution in [0.2, 0.25) is 0 Å².